The molecule has 0 aliphatic carbocycles. The molecule has 0 radical (unpaired) electrons. The molecule has 2 nitrogen and oxygen atoms in total. The van der Waals surface area contributed by atoms with Gasteiger partial charge in [0.15, 0.2) is 0 Å². The fourth-order valence-electron chi connectivity index (χ4n) is 0.988. The molecule has 0 unspecified atom stereocenters. The Hall–Kier alpha value is -0.410. The molecule has 0 saturated heterocycles. The van der Waals surface area contributed by atoms with Crippen LogP contribution < -0.4 is 5.73 Å². The molecule has 1 heterocycles. The van der Waals surface area contributed by atoms with Crippen molar-refractivity contribution in [3.63, 3.8) is 0 Å². The number of aryl methyl sites for hydroxylation is 1. The maximum atomic E-state index is 5.37. The van der Waals surface area contributed by atoms with Crippen LogP contribution >= 0.6 is 11.3 Å². The first-order valence-corrected chi connectivity index (χ1v) is 4.95. The number of aromatic nitrogens is 1. The highest BCUT2D eigenvalue weighted by Crippen LogP contribution is 2.06. The maximum absolute atomic E-state index is 5.37. The lowest BCUT2D eigenvalue weighted by Gasteiger charge is -1.95. The van der Waals surface area contributed by atoms with Gasteiger partial charge in [0.25, 0.3) is 0 Å². The van der Waals surface area contributed by atoms with Crippen LogP contribution in [-0.4, -0.2) is 11.5 Å². The van der Waals surface area contributed by atoms with Crippen LogP contribution in [-0.2, 0) is 6.42 Å². The number of hydrogen-bond acceptors (Lipinski definition) is 3. The summed E-state index contributed by atoms with van der Waals surface area (Å²) in [6, 6.07) is 0. The molecule has 0 atom stereocenters. The Bertz CT molecular complexity index is 172. The van der Waals surface area contributed by atoms with Crippen molar-refractivity contribution in [2.75, 3.05) is 6.54 Å². The average molecular weight is 170 g/mol. The van der Waals surface area contributed by atoms with Crippen LogP contribution in [0.25, 0.3) is 0 Å². The first kappa shape index (κ1) is 8.68. The van der Waals surface area contributed by atoms with E-state index in [1.807, 2.05) is 5.51 Å². The van der Waals surface area contributed by atoms with Gasteiger partial charge in [-0.05, 0) is 25.8 Å². The van der Waals surface area contributed by atoms with Gasteiger partial charge in [0, 0.05) is 5.38 Å². The number of nitrogens with two attached hydrogens (primary N) is 1. The zero-order chi connectivity index (χ0) is 7.94. The van der Waals surface area contributed by atoms with Crippen molar-refractivity contribution < 1.29 is 0 Å². The van der Waals surface area contributed by atoms with Gasteiger partial charge in [-0.2, -0.15) is 0 Å². The zero-order valence-electron chi connectivity index (χ0n) is 6.62. The molecule has 1 aromatic rings. The standard InChI is InChI=1S/C8H14N2S/c9-5-3-1-2-4-8-6-11-7-10-8/h6-7H,1-5,9H2. The van der Waals surface area contributed by atoms with E-state index in [2.05, 4.69) is 10.4 Å². The molecule has 0 bridgehead atoms. The van der Waals surface area contributed by atoms with Crippen LogP contribution in [0.2, 0.25) is 0 Å². The molecule has 0 amide bonds. The average Bonchev–Trinajstić information content (AvgIpc) is 2.50. The number of hydrogen-bond donors (Lipinski definition) is 1. The van der Waals surface area contributed by atoms with E-state index in [4.69, 9.17) is 5.73 Å². The smallest absolute Gasteiger partial charge is 0.0794 e. The number of rotatable bonds is 5. The third-order valence-electron chi connectivity index (χ3n) is 1.62. The summed E-state index contributed by atoms with van der Waals surface area (Å²) in [4.78, 5) is 4.20. The quantitative estimate of drug-likeness (QED) is 0.684. The van der Waals surface area contributed by atoms with Crippen molar-refractivity contribution in [3.05, 3.63) is 16.6 Å². The Morgan fingerprint density at radius 3 is 2.91 bits per heavy atom. The Morgan fingerprint density at radius 1 is 1.36 bits per heavy atom. The predicted octanol–water partition coefficient (Wildman–Crippen LogP) is 1.81. The normalized spacial score (nSPS) is 10.3. The predicted molar refractivity (Wildman–Crippen MR) is 48.7 cm³/mol. The molecule has 1 rings (SSSR count). The summed E-state index contributed by atoms with van der Waals surface area (Å²) in [6.45, 7) is 0.817. The summed E-state index contributed by atoms with van der Waals surface area (Å²) in [5.41, 5.74) is 8.49. The number of unbranched alkanes of at least 4 members (excludes halogenated alkanes) is 2. The summed E-state index contributed by atoms with van der Waals surface area (Å²) in [6.07, 6.45) is 4.71. The fraction of sp³-hybridized carbons (Fsp3) is 0.625. The van der Waals surface area contributed by atoms with Crippen LogP contribution in [0.4, 0.5) is 0 Å². The molecule has 0 spiro atoms. The van der Waals surface area contributed by atoms with E-state index in [-0.39, 0.29) is 0 Å². The minimum absolute atomic E-state index is 0.817. The van der Waals surface area contributed by atoms with E-state index in [1.54, 1.807) is 11.3 Å². The zero-order valence-corrected chi connectivity index (χ0v) is 7.44. The summed E-state index contributed by atoms with van der Waals surface area (Å²) in [7, 11) is 0. The van der Waals surface area contributed by atoms with Gasteiger partial charge < -0.3 is 5.73 Å². The molecule has 0 aliphatic rings. The van der Waals surface area contributed by atoms with E-state index in [1.165, 1.54) is 18.5 Å². The van der Waals surface area contributed by atoms with Crippen LogP contribution in [0.3, 0.4) is 0 Å². The highest BCUT2D eigenvalue weighted by Gasteiger charge is 1.93. The van der Waals surface area contributed by atoms with Crippen molar-refractivity contribution in [1.82, 2.24) is 4.98 Å². The molecular weight excluding hydrogens is 156 g/mol. The van der Waals surface area contributed by atoms with Crippen LogP contribution in [0.15, 0.2) is 10.9 Å². The first-order chi connectivity index (χ1) is 5.43. The summed E-state index contributed by atoms with van der Waals surface area (Å²) >= 11 is 1.67. The van der Waals surface area contributed by atoms with Gasteiger partial charge in [-0.3, -0.25) is 0 Å². The topological polar surface area (TPSA) is 38.9 Å². The second-order valence-electron chi connectivity index (χ2n) is 2.58. The summed E-state index contributed by atoms with van der Waals surface area (Å²) < 4.78 is 0. The second kappa shape index (κ2) is 5.27. The molecule has 2 N–H and O–H groups in total. The van der Waals surface area contributed by atoms with Gasteiger partial charge in [0.05, 0.1) is 11.2 Å². The monoisotopic (exact) mass is 170 g/mol. The summed E-state index contributed by atoms with van der Waals surface area (Å²) in [5, 5.41) is 2.11. The molecule has 1 aromatic heterocycles. The van der Waals surface area contributed by atoms with Crippen molar-refractivity contribution >= 4 is 11.3 Å². The van der Waals surface area contributed by atoms with Gasteiger partial charge in [0.1, 0.15) is 0 Å². The lowest BCUT2D eigenvalue weighted by molar-refractivity contribution is 0.681. The van der Waals surface area contributed by atoms with Crippen LogP contribution in [0.5, 0.6) is 0 Å². The minimum Gasteiger partial charge on any atom is -0.330 e. The lowest BCUT2D eigenvalue weighted by Crippen LogP contribution is -1.98. The van der Waals surface area contributed by atoms with E-state index in [9.17, 15) is 0 Å². The molecule has 3 heteroatoms. The maximum Gasteiger partial charge on any atom is 0.0794 e. The van der Waals surface area contributed by atoms with Gasteiger partial charge in [-0.25, -0.2) is 4.98 Å². The van der Waals surface area contributed by atoms with Gasteiger partial charge in [-0.1, -0.05) is 6.42 Å². The van der Waals surface area contributed by atoms with Crippen molar-refractivity contribution in [2.24, 2.45) is 5.73 Å². The molecule has 11 heavy (non-hydrogen) atoms. The highest BCUT2D eigenvalue weighted by molar-refractivity contribution is 7.07. The van der Waals surface area contributed by atoms with E-state index in [0.717, 1.165) is 19.4 Å². The Kier molecular flexibility index (Phi) is 4.16. The molecule has 0 aliphatic heterocycles. The van der Waals surface area contributed by atoms with Crippen molar-refractivity contribution in [1.29, 1.82) is 0 Å². The fourth-order valence-corrected chi connectivity index (χ4v) is 1.58. The second-order valence-corrected chi connectivity index (χ2v) is 3.30. The van der Waals surface area contributed by atoms with Gasteiger partial charge in [-0.15, -0.1) is 11.3 Å². The minimum atomic E-state index is 0.817. The number of nitrogens with zero attached hydrogens (tertiary/aromatic N) is 1. The largest absolute Gasteiger partial charge is 0.330 e. The van der Waals surface area contributed by atoms with Gasteiger partial charge in [0.2, 0.25) is 0 Å². The van der Waals surface area contributed by atoms with E-state index < -0.39 is 0 Å². The Morgan fingerprint density at radius 2 is 2.27 bits per heavy atom. The molecular formula is C8H14N2S. The van der Waals surface area contributed by atoms with Crippen LogP contribution in [0.1, 0.15) is 25.0 Å². The lowest BCUT2D eigenvalue weighted by atomic mass is 10.2. The molecule has 0 fully saturated rings. The Labute approximate surface area is 71.5 Å². The van der Waals surface area contributed by atoms with Crippen molar-refractivity contribution in [2.45, 2.75) is 25.7 Å². The summed E-state index contributed by atoms with van der Waals surface area (Å²) in [5.74, 6) is 0. The molecule has 62 valence electrons. The third-order valence-corrected chi connectivity index (χ3v) is 2.26. The molecule has 0 saturated carbocycles. The third kappa shape index (κ3) is 3.49. The van der Waals surface area contributed by atoms with E-state index >= 15 is 0 Å². The number of thiazole rings is 1. The van der Waals surface area contributed by atoms with Crippen molar-refractivity contribution in [3.8, 4) is 0 Å². The molecule has 0 aromatic carbocycles. The van der Waals surface area contributed by atoms with Gasteiger partial charge >= 0.3 is 0 Å². The SMILES string of the molecule is NCCCCCc1cscn1. The van der Waals surface area contributed by atoms with E-state index in [0.29, 0.717) is 0 Å². The highest BCUT2D eigenvalue weighted by atomic mass is 32.1. The first-order valence-electron chi connectivity index (χ1n) is 4.00. The van der Waals surface area contributed by atoms with Crippen LogP contribution in [0, 0.1) is 0 Å². The Balaban J connectivity index is 2.04.